The van der Waals surface area contributed by atoms with Crippen LogP contribution in [0.1, 0.15) is 19.5 Å². The SMILES string of the molecule is CC(C)N=C(NN)c1ccc(=O)[nH]n1. The molecular weight excluding hydrogens is 182 g/mol. The predicted octanol–water partition coefficient (Wildman–Crippen LogP) is -0.612. The van der Waals surface area contributed by atoms with Crippen molar-refractivity contribution in [3.63, 3.8) is 0 Å². The van der Waals surface area contributed by atoms with Gasteiger partial charge in [0.05, 0.1) is 0 Å². The highest BCUT2D eigenvalue weighted by Crippen LogP contribution is 1.94. The van der Waals surface area contributed by atoms with E-state index in [2.05, 4.69) is 20.6 Å². The molecule has 0 spiro atoms. The first-order valence-electron chi connectivity index (χ1n) is 4.24. The number of hydrogen-bond acceptors (Lipinski definition) is 4. The molecule has 0 unspecified atom stereocenters. The number of aliphatic imine (C=N–C) groups is 1. The van der Waals surface area contributed by atoms with E-state index in [0.717, 1.165) is 0 Å². The Labute approximate surface area is 81.2 Å². The Morgan fingerprint density at radius 1 is 1.64 bits per heavy atom. The molecule has 14 heavy (non-hydrogen) atoms. The molecule has 0 amide bonds. The van der Waals surface area contributed by atoms with Crippen LogP contribution < -0.4 is 16.8 Å². The van der Waals surface area contributed by atoms with Crippen molar-refractivity contribution in [1.82, 2.24) is 15.6 Å². The minimum Gasteiger partial charge on any atom is -0.307 e. The second-order valence-electron chi connectivity index (χ2n) is 3.02. The minimum absolute atomic E-state index is 0.106. The number of rotatable bonds is 2. The number of nitrogens with two attached hydrogens (primary N) is 1. The molecule has 6 heteroatoms. The Kier molecular flexibility index (Phi) is 3.35. The number of nitrogens with one attached hydrogen (secondary N) is 2. The monoisotopic (exact) mass is 195 g/mol. The van der Waals surface area contributed by atoms with E-state index < -0.39 is 0 Å². The summed E-state index contributed by atoms with van der Waals surface area (Å²) in [5.74, 6) is 5.73. The average molecular weight is 195 g/mol. The van der Waals surface area contributed by atoms with Crippen molar-refractivity contribution in [2.45, 2.75) is 19.9 Å². The molecule has 1 heterocycles. The summed E-state index contributed by atoms with van der Waals surface area (Å²) in [5, 5.41) is 6.10. The Hall–Kier alpha value is -1.69. The summed E-state index contributed by atoms with van der Waals surface area (Å²) in [5.41, 5.74) is 2.69. The molecule has 0 aliphatic heterocycles. The van der Waals surface area contributed by atoms with E-state index >= 15 is 0 Å². The third-order valence-corrected chi connectivity index (χ3v) is 1.45. The van der Waals surface area contributed by atoms with Crippen LogP contribution >= 0.6 is 0 Å². The van der Waals surface area contributed by atoms with Gasteiger partial charge in [0.25, 0.3) is 5.56 Å². The first-order chi connectivity index (χ1) is 6.63. The van der Waals surface area contributed by atoms with E-state index in [1.54, 1.807) is 6.07 Å². The van der Waals surface area contributed by atoms with Crippen LogP contribution in [0.3, 0.4) is 0 Å². The summed E-state index contributed by atoms with van der Waals surface area (Å²) in [6.07, 6.45) is 0. The second-order valence-corrected chi connectivity index (χ2v) is 3.02. The normalized spacial score (nSPS) is 11.9. The molecule has 0 aliphatic carbocycles. The van der Waals surface area contributed by atoms with Crippen LogP contribution in [0.4, 0.5) is 0 Å². The zero-order valence-electron chi connectivity index (χ0n) is 8.11. The van der Waals surface area contributed by atoms with E-state index in [9.17, 15) is 4.79 Å². The highest BCUT2D eigenvalue weighted by atomic mass is 16.1. The quantitative estimate of drug-likeness (QED) is 0.254. The van der Waals surface area contributed by atoms with Gasteiger partial charge >= 0.3 is 0 Å². The Bertz CT molecular complexity index is 361. The fraction of sp³-hybridized carbons (Fsp3) is 0.375. The van der Waals surface area contributed by atoms with Crippen molar-refractivity contribution in [3.05, 3.63) is 28.2 Å². The first kappa shape index (κ1) is 10.4. The molecule has 4 N–H and O–H groups in total. The standard InChI is InChI=1S/C8H13N5O/c1-5(2)10-8(11-9)6-3-4-7(14)13-12-6/h3-5H,9H2,1-2H3,(H,10,11)(H,13,14). The summed E-state index contributed by atoms with van der Waals surface area (Å²) >= 11 is 0. The summed E-state index contributed by atoms with van der Waals surface area (Å²) in [6.45, 7) is 3.84. The molecule has 0 saturated heterocycles. The van der Waals surface area contributed by atoms with Crippen LogP contribution in [0, 0.1) is 0 Å². The number of aromatic amines is 1. The molecule has 0 atom stereocenters. The Morgan fingerprint density at radius 3 is 2.79 bits per heavy atom. The minimum atomic E-state index is -0.255. The maximum atomic E-state index is 10.7. The van der Waals surface area contributed by atoms with Crippen molar-refractivity contribution >= 4 is 5.84 Å². The van der Waals surface area contributed by atoms with E-state index in [4.69, 9.17) is 5.84 Å². The van der Waals surface area contributed by atoms with Gasteiger partial charge in [0.2, 0.25) is 0 Å². The summed E-state index contributed by atoms with van der Waals surface area (Å²) in [6, 6.07) is 3.03. The summed E-state index contributed by atoms with van der Waals surface area (Å²) in [7, 11) is 0. The molecule has 1 aromatic heterocycles. The second kappa shape index (κ2) is 4.52. The van der Waals surface area contributed by atoms with Crippen molar-refractivity contribution in [3.8, 4) is 0 Å². The smallest absolute Gasteiger partial charge is 0.264 e. The lowest BCUT2D eigenvalue weighted by Crippen LogP contribution is -2.33. The maximum Gasteiger partial charge on any atom is 0.264 e. The van der Waals surface area contributed by atoms with Gasteiger partial charge in [0.1, 0.15) is 5.69 Å². The lowest BCUT2D eigenvalue weighted by molar-refractivity contribution is 0.815. The van der Waals surface area contributed by atoms with Gasteiger partial charge in [-0.15, -0.1) is 0 Å². The van der Waals surface area contributed by atoms with Gasteiger partial charge in [0.15, 0.2) is 5.84 Å². The zero-order chi connectivity index (χ0) is 10.6. The van der Waals surface area contributed by atoms with Gasteiger partial charge < -0.3 is 5.43 Å². The molecule has 0 fully saturated rings. The van der Waals surface area contributed by atoms with Crippen LogP contribution in [0.5, 0.6) is 0 Å². The topological polar surface area (TPSA) is 96.2 Å². The van der Waals surface area contributed by atoms with E-state index in [1.807, 2.05) is 13.8 Å². The van der Waals surface area contributed by atoms with Gasteiger partial charge in [-0.3, -0.25) is 9.79 Å². The lowest BCUT2D eigenvalue weighted by atomic mass is 10.3. The van der Waals surface area contributed by atoms with E-state index in [-0.39, 0.29) is 11.6 Å². The molecule has 0 aliphatic rings. The van der Waals surface area contributed by atoms with Crippen molar-refractivity contribution in [2.24, 2.45) is 10.8 Å². The zero-order valence-corrected chi connectivity index (χ0v) is 8.11. The largest absolute Gasteiger partial charge is 0.307 e. The van der Waals surface area contributed by atoms with Crippen LogP contribution in [0.2, 0.25) is 0 Å². The van der Waals surface area contributed by atoms with E-state index in [1.165, 1.54) is 6.07 Å². The molecular formula is C8H13N5O. The van der Waals surface area contributed by atoms with Crippen LogP contribution in [-0.2, 0) is 0 Å². The van der Waals surface area contributed by atoms with Crippen molar-refractivity contribution < 1.29 is 0 Å². The van der Waals surface area contributed by atoms with Gasteiger partial charge in [-0.2, -0.15) is 5.10 Å². The summed E-state index contributed by atoms with van der Waals surface area (Å²) < 4.78 is 0. The number of amidine groups is 1. The van der Waals surface area contributed by atoms with Crippen LogP contribution in [0.15, 0.2) is 21.9 Å². The number of hydrazine groups is 1. The lowest BCUT2D eigenvalue weighted by Gasteiger charge is -2.05. The third-order valence-electron chi connectivity index (χ3n) is 1.45. The van der Waals surface area contributed by atoms with Crippen LogP contribution in [-0.4, -0.2) is 22.1 Å². The molecule has 0 saturated carbocycles. The highest BCUT2D eigenvalue weighted by molar-refractivity contribution is 5.96. The summed E-state index contributed by atoms with van der Waals surface area (Å²) in [4.78, 5) is 14.9. The highest BCUT2D eigenvalue weighted by Gasteiger charge is 2.03. The van der Waals surface area contributed by atoms with Crippen molar-refractivity contribution in [2.75, 3.05) is 0 Å². The predicted molar refractivity (Wildman–Crippen MR) is 53.9 cm³/mol. The fourth-order valence-electron chi connectivity index (χ4n) is 0.912. The van der Waals surface area contributed by atoms with Gasteiger partial charge in [-0.25, -0.2) is 10.9 Å². The first-order valence-corrected chi connectivity index (χ1v) is 4.24. The molecule has 0 bridgehead atoms. The maximum absolute atomic E-state index is 10.7. The molecule has 0 aromatic carbocycles. The van der Waals surface area contributed by atoms with Gasteiger partial charge in [-0.05, 0) is 19.9 Å². The number of aromatic nitrogens is 2. The van der Waals surface area contributed by atoms with Gasteiger partial charge in [0, 0.05) is 12.1 Å². The molecule has 1 aromatic rings. The van der Waals surface area contributed by atoms with Gasteiger partial charge in [-0.1, -0.05) is 0 Å². The molecule has 1 rings (SSSR count). The number of hydrogen-bond donors (Lipinski definition) is 3. The Morgan fingerprint density at radius 2 is 2.36 bits per heavy atom. The van der Waals surface area contributed by atoms with Crippen LogP contribution in [0.25, 0.3) is 0 Å². The molecule has 76 valence electrons. The molecule has 0 radical (unpaired) electrons. The van der Waals surface area contributed by atoms with E-state index in [0.29, 0.717) is 11.5 Å². The number of H-pyrrole nitrogens is 1. The Balaban J connectivity index is 3.01. The number of nitrogens with zero attached hydrogens (tertiary/aromatic N) is 2. The fourth-order valence-corrected chi connectivity index (χ4v) is 0.912. The van der Waals surface area contributed by atoms with Crippen molar-refractivity contribution in [1.29, 1.82) is 0 Å². The molecule has 6 nitrogen and oxygen atoms in total. The third kappa shape index (κ3) is 2.67. The average Bonchev–Trinajstić information content (AvgIpc) is 2.15.